The largest absolute Gasteiger partial charge is 0.462 e. The van der Waals surface area contributed by atoms with E-state index in [1.807, 2.05) is 11.0 Å². The van der Waals surface area contributed by atoms with Gasteiger partial charge in [0.2, 0.25) is 6.20 Å². The van der Waals surface area contributed by atoms with E-state index in [1.54, 1.807) is 13.3 Å². The first kappa shape index (κ1) is 5.50. The highest BCUT2D eigenvalue weighted by atomic mass is 32.1. The van der Waals surface area contributed by atoms with Gasteiger partial charge in [0.05, 0.1) is 14.2 Å². The van der Waals surface area contributed by atoms with Gasteiger partial charge < -0.3 is 4.74 Å². The minimum Gasteiger partial charge on any atom is -0.462 e. The Labute approximate surface area is 51.8 Å². The van der Waals surface area contributed by atoms with E-state index in [1.165, 1.54) is 11.7 Å². The molecule has 1 aromatic heterocycles. The highest BCUT2D eigenvalue weighted by molar-refractivity contribution is 6.94. The normalized spacial score (nSPS) is 9.25. The third-order valence-electron chi connectivity index (χ3n) is 0.852. The van der Waals surface area contributed by atoms with Crippen molar-refractivity contribution in [2.45, 2.75) is 0 Å². The molecule has 0 aliphatic carbocycles. The van der Waals surface area contributed by atoms with Crippen LogP contribution in [-0.2, 0) is 7.05 Å². The summed E-state index contributed by atoms with van der Waals surface area (Å²) in [5.74, 6) is 0.801. The summed E-state index contributed by atoms with van der Waals surface area (Å²) >= 11 is 1.37. The molecule has 8 heavy (non-hydrogen) atoms. The fourth-order valence-corrected chi connectivity index (χ4v) is 0.923. The minimum absolute atomic E-state index is 0.801. The molecular weight excluding hydrogens is 124 g/mol. The summed E-state index contributed by atoms with van der Waals surface area (Å²) < 4.78 is 10.6. The van der Waals surface area contributed by atoms with Crippen LogP contribution in [0.1, 0.15) is 0 Å². The number of ether oxygens (including phenoxy) is 1. The van der Waals surface area contributed by atoms with Crippen molar-refractivity contribution in [3.05, 3.63) is 6.20 Å². The summed E-state index contributed by atoms with van der Waals surface area (Å²) in [4.78, 5) is 0. The molecule has 3 nitrogen and oxygen atoms in total. The summed E-state index contributed by atoms with van der Waals surface area (Å²) in [6.45, 7) is 0. The number of rotatable bonds is 1. The Hall–Kier alpha value is -0.640. The zero-order valence-electron chi connectivity index (χ0n) is 4.79. The van der Waals surface area contributed by atoms with Crippen molar-refractivity contribution in [3.8, 4) is 5.88 Å². The summed E-state index contributed by atoms with van der Waals surface area (Å²) in [6.07, 6.45) is 1.69. The predicted molar refractivity (Wildman–Crippen MR) is 29.8 cm³/mol. The number of aryl methyl sites for hydroxylation is 1. The van der Waals surface area contributed by atoms with Crippen LogP contribution < -0.4 is 8.69 Å². The summed E-state index contributed by atoms with van der Waals surface area (Å²) in [5.41, 5.74) is 0. The maximum Gasteiger partial charge on any atom is 0.341 e. The van der Waals surface area contributed by atoms with Crippen molar-refractivity contribution in [2.24, 2.45) is 7.05 Å². The van der Waals surface area contributed by atoms with Gasteiger partial charge >= 0.3 is 5.88 Å². The highest BCUT2D eigenvalue weighted by Crippen LogP contribution is 1.98. The predicted octanol–water partition coefficient (Wildman–Crippen LogP) is -0.0238. The molecule has 0 saturated heterocycles. The quantitative estimate of drug-likeness (QED) is 0.500. The van der Waals surface area contributed by atoms with Crippen molar-refractivity contribution in [1.29, 1.82) is 0 Å². The molecule has 0 unspecified atom stereocenters. The van der Waals surface area contributed by atoms with Gasteiger partial charge in [-0.15, -0.1) is 3.96 Å². The minimum atomic E-state index is 0.801. The van der Waals surface area contributed by atoms with Crippen molar-refractivity contribution in [1.82, 2.24) is 4.37 Å². The molecule has 0 amide bonds. The van der Waals surface area contributed by atoms with Gasteiger partial charge in [-0.3, -0.25) is 0 Å². The molecule has 0 atom stereocenters. The molecule has 1 aromatic rings. The Kier molecular flexibility index (Phi) is 1.43. The van der Waals surface area contributed by atoms with E-state index in [0.29, 0.717) is 0 Å². The number of methoxy groups -OCH3 is 1. The molecule has 0 fully saturated rings. The van der Waals surface area contributed by atoms with E-state index in [9.17, 15) is 0 Å². The molecule has 1 rings (SSSR count). The lowest BCUT2D eigenvalue weighted by molar-refractivity contribution is -0.607. The lowest BCUT2D eigenvalue weighted by atomic mass is 10.8. The van der Waals surface area contributed by atoms with Crippen LogP contribution in [0.2, 0.25) is 0 Å². The van der Waals surface area contributed by atoms with Crippen LogP contribution >= 0.6 is 11.7 Å². The third-order valence-corrected chi connectivity index (χ3v) is 1.48. The second-order valence-corrected chi connectivity index (χ2v) is 2.28. The van der Waals surface area contributed by atoms with E-state index < -0.39 is 0 Å². The molecule has 0 N–H and O–H groups in total. The molecule has 44 valence electrons. The van der Waals surface area contributed by atoms with E-state index in [-0.39, 0.29) is 0 Å². The Bertz CT molecular complexity index is 174. The van der Waals surface area contributed by atoms with Gasteiger partial charge in [-0.25, -0.2) is 0 Å². The molecule has 0 radical (unpaired) electrons. The van der Waals surface area contributed by atoms with Gasteiger partial charge in [0.15, 0.2) is 0 Å². The highest BCUT2D eigenvalue weighted by Gasteiger charge is 2.05. The fourth-order valence-electron chi connectivity index (χ4n) is 0.442. The fraction of sp³-hybridized carbons (Fsp3) is 0.500. The molecule has 0 aliphatic rings. The molecule has 0 bridgehead atoms. The van der Waals surface area contributed by atoms with Crippen LogP contribution in [0.15, 0.2) is 6.20 Å². The first-order valence-electron chi connectivity index (χ1n) is 2.20. The Morgan fingerprint density at radius 1 is 1.88 bits per heavy atom. The van der Waals surface area contributed by atoms with Gasteiger partial charge in [-0.05, 0) is 0 Å². The molecule has 0 aliphatic heterocycles. The lowest BCUT2D eigenvalue weighted by Crippen LogP contribution is -2.23. The average molecular weight is 131 g/mol. The SMILES string of the molecule is COc1cns[n+]1C. The van der Waals surface area contributed by atoms with Gasteiger partial charge in [-0.1, -0.05) is 0 Å². The maximum atomic E-state index is 4.90. The first-order chi connectivity index (χ1) is 3.84. The molecule has 0 spiro atoms. The number of nitrogens with zero attached hydrogens (tertiary/aromatic N) is 2. The summed E-state index contributed by atoms with van der Waals surface area (Å²) in [6, 6.07) is 0. The summed E-state index contributed by atoms with van der Waals surface area (Å²) in [5, 5.41) is 0. The Balaban J connectivity index is 2.92. The van der Waals surface area contributed by atoms with E-state index in [4.69, 9.17) is 4.74 Å². The third kappa shape index (κ3) is 0.790. The Morgan fingerprint density at radius 3 is 2.88 bits per heavy atom. The topological polar surface area (TPSA) is 26.0 Å². The van der Waals surface area contributed by atoms with Crippen molar-refractivity contribution < 1.29 is 8.69 Å². The average Bonchev–Trinajstić information content (AvgIpc) is 2.14. The zero-order valence-corrected chi connectivity index (χ0v) is 5.60. The van der Waals surface area contributed by atoms with Crippen LogP contribution in [0.4, 0.5) is 0 Å². The molecular formula is C4H7N2OS+. The maximum absolute atomic E-state index is 4.90. The second kappa shape index (κ2) is 2.09. The molecule has 4 heteroatoms. The van der Waals surface area contributed by atoms with Gasteiger partial charge in [0.25, 0.3) is 11.7 Å². The first-order valence-corrected chi connectivity index (χ1v) is 2.93. The molecule has 0 saturated carbocycles. The number of aromatic nitrogens is 2. The van der Waals surface area contributed by atoms with Gasteiger partial charge in [-0.2, -0.15) is 0 Å². The van der Waals surface area contributed by atoms with E-state index in [0.717, 1.165) is 5.88 Å². The molecule has 1 heterocycles. The Morgan fingerprint density at radius 2 is 2.62 bits per heavy atom. The van der Waals surface area contributed by atoms with Crippen molar-refractivity contribution in [3.63, 3.8) is 0 Å². The van der Waals surface area contributed by atoms with Crippen LogP contribution in [0, 0.1) is 0 Å². The standard InChI is InChI=1S/C4H7N2OS/c1-6-4(7-2)3-5-8-6/h3H,1-2H3/q+1. The number of hydrogen-bond acceptors (Lipinski definition) is 3. The zero-order chi connectivity index (χ0) is 5.98. The monoisotopic (exact) mass is 131 g/mol. The second-order valence-electron chi connectivity index (χ2n) is 1.36. The van der Waals surface area contributed by atoms with E-state index >= 15 is 0 Å². The van der Waals surface area contributed by atoms with Crippen LogP contribution in [0.25, 0.3) is 0 Å². The van der Waals surface area contributed by atoms with Crippen LogP contribution in [0.3, 0.4) is 0 Å². The lowest BCUT2D eigenvalue weighted by Gasteiger charge is -1.86. The number of hydrogen-bond donors (Lipinski definition) is 0. The smallest absolute Gasteiger partial charge is 0.341 e. The van der Waals surface area contributed by atoms with Crippen LogP contribution in [-0.4, -0.2) is 11.5 Å². The molecule has 0 aromatic carbocycles. The summed E-state index contributed by atoms with van der Waals surface area (Å²) in [7, 11) is 3.53. The van der Waals surface area contributed by atoms with E-state index in [2.05, 4.69) is 4.37 Å². The van der Waals surface area contributed by atoms with Crippen molar-refractivity contribution in [2.75, 3.05) is 7.11 Å². The van der Waals surface area contributed by atoms with Gasteiger partial charge in [0, 0.05) is 4.37 Å². The van der Waals surface area contributed by atoms with Crippen molar-refractivity contribution >= 4 is 11.7 Å². The van der Waals surface area contributed by atoms with Crippen LogP contribution in [0.5, 0.6) is 5.88 Å². The van der Waals surface area contributed by atoms with Gasteiger partial charge in [0.1, 0.15) is 0 Å².